The Labute approximate surface area is 173 Å². The van der Waals surface area contributed by atoms with E-state index >= 15 is 0 Å². The van der Waals surface area contributed by atoms with Crippen molar-refractivity contribution < 1.29 is 19.2 Å². The second-order valence-corrected chi connectivity index (χ2v) is 9.56. The molecule has 0 spiro atoms. The number of fused-ring (bicyclic) bond motifs is 5. The molecule has 3 fully saturated rings. The molecule has 4 aliphatic carbocycles. The maximum atomic E-state index is 11.8. The quantitative estimate of drug-likeness (QED) is 0.300. The molecule has 0 aromatic rings. The van der Waals surface area contributed by atoms with Crippen molar-refractivity contribution >= 4 is 17.7 Å². The summed E-state index contributed by atoms with van der Waals surface area (Å²) in [5.74, 6) is 4.66. The molecule has 5 heteroatoms. The number of rotatable bonds is 2. The molecule has 156 valence electrons. The van der Waals surface area contributed by atoms with Crippen molar-refractivity contribution in [1.29, 1.82) is 0 Å². The molecule has 0 bridgehead atoms. The summed E-state index contributed by atoms with van der Waals surface area (Å²) < 4.78 is 5.82. The van der Waals surface area contributed by atoms with Crippen LogP contribution in [0.2, 0.25) is 0 Å². The zero-order valence-electron chi connectivity index (χ0n) is 17.7. The monoisotopic (exact) mass is 397 g/mol. The summed E-state index contributed by atoms with van der Waals surface area (Å²) in [5, 5.41) is 4.02. The van der Waals surface area contributed by atoms with Crippen LogP contribution in [0.25, 0.3) is 0 Å². The Bertz CT molecular complexity index is 821. The number of carbonyl (C=O) groups is 2. The third-order valence-corrected chi connectivity index (χ3v) is 8.28. The van der Waals surface area contributed by atoms with Gasteiger partial charge in [0, 0.05) is 19.3 Å². The molecule has 0 unspecified atom stereocenters. The average Bonchev–Trinajstić information content (AvgIpc) is 2.98. The minimum absolute atomic E-state index is 0.133. The summed E-state index contributed by atoms with van der Waals surface area (Å²) in [5.41, 5.74) is 1.47. The Hall–Kier alpha value is -2.09. The maximum Gasteiger partial charge on any atom is 0.331 e. The first-order chi connectivity index (χ1) is 13.8. The molecule has 4 aliphatic rings. The number of ether oxygens (including phenoxy) is 1. The molecule has 29 heavy (non-hydrogen) atoms. The van der Waals surface area contributed by atoms with Gasteiger partial charge >= 0.3 is 11.9 Å². The molecule has 3 saturated carbocycles. The van der Waals surface area contributed by atoms with Crippen LogP contribution >= 0.6 is 0 Å². The van der Waals surface area contributed by atoms with Crippen LogP contribution in [0.15, 0.2) is 16.8 Å². The van der Waals surface area contributed by atoms with Gasteiger partial charge in [0.1, 0.15) is 0 Å². The van der Waals surface area contributed by atoms with Crippen molar-refractivity contribution in [2.75, 3.05) is 0 Å². The standard InChI is InChI=1S/C24H31NO4/c1-5-24(28-15(2)26)13-11-22-21-8-6-17-14-18(25-29-16(3)27)7-9-19(17)20(21)10-12-23(22,24)4/h1,14,19-22H,6-13H2,2-4H3/b25-18-/t19-,20+,21+,22-,23-,24-/m0/s1. The lowest BCUT2D eigenvalue weighted by molar-refractivity contribution is -0.167. The van der Waals surface area contributed by atoms with Gasteiger partial charge in [0.2, 0.25) is 0 Å². The number of oxime groups is 1. The number of terminal acetylenes is 1. The van der Waals surface area contributed by atoms with Crippen molar-refractivity contribution in [2.24, 2.45) is 34.2 Å². The fourth-order valence-corrected chi connectivity index (χ4v) is 7.07. The molecule has 6 atom stereocenters. The molecule has 0 heterocycles. The lowest BCUT2D eigenvalue weighted by Crippen LogP contribution is -2.53. The first-order valence-electron chi connectivity index (χ1n) is 10.9. The predicted octanol–water partition coefficient (Wildman–Crippen LogP) is 4.41. The van der Waals surface area contributed by atoms with Gasteiger partial charge in [0.25, 0.3) is 0 Å². The van der Waals surface area contributed by atoms with Gasteiger partial charge in [-0.15, -0.1) is 6.42 Å². The van der Waals surface area contributed by atoms with Crippen LogP contribution in [0, 0.1) is 41.4 Å². The second-order valence-electron chi connectivity index (χ2n) is 9.56. The molecule has 0 radical (unpaired) electrons. The van der Waals surface area contributed by atoms with E-state index < -0.39 is 5.60 Å². The van der Waals surface area contributed by atoms with Crippen LogP contribution in [-0.2, 0) is 19.2 Å². The minimum Gasteiger partial charge on any atom is -0.445 e. The smallest absolute Gasteiger partial charge is 0.331 e. The Morgan fingerprint density at radius 1 is 1.10 bits per heavy atom. The molecule has 5 nitrogen and oxygen atoms in total. The predicted molar refractivity (Wildman–Crippen MR) is 110 cm³/mol. The van der Waals surface area contributed by atoms with Crippen LogP contribution in [0.4, 0.5) is 0 Å². The Morgan fingerprint density at radius 3 is 2.59 bits per heavy atom. The number of carbonyl (C=O) groups excluding carboxylic acids is 2. The van der Waals surface area contributed by atoms with Crippen LogP contribution in [0.5, 0.6) is 0 Å². The average molecular weight is 398 g/mol. The Morgan fingerprint density at radius 2 is 1.90 bits per heavy atom. The third-order valence-electron chi connectivity index (χ3n) is 8.28. The van der Waals surface area contributed by atoms with Gasteiger partial charge in [0.15, 0.2) is 5.60 Å². The van der Waals surface area contributed by atoms with E-state index in [1.165, 1.54) is 19.4 Å². The summed E-state index contributed by atoms with van der Waals surface area (Å²) in [6.45, 7) is 5.11. The summed E-state index contributed by atoms with van der Waals surface area (Å²) in [6.07, 6.45) is 16.2. The molecule has 0 aromatic carbocycles. The number of hydrogen-bond donors (Lipinski definition) is 0. The van der Waals surface area contributed by atoms with E-state index in [9.17, 15) is 9.59 Å². The van der Waals surface area contributed by atoms with Crippen molar-refractivity contribution in [3.63, 3.8) is 0 Å². The van der Waals surface area contributed by atoms with Gasteiger partial charge in [-0.2, -0.15) is 0 Å². The van der Waals surface area contributed by atoms with Gasteiger partial charge in [0.05, 0.1) is 5.71 Å². The number of hydrogen-bond acceptors (Lipinski definition) is 5. The highest BCUT2D eigenvalue weighted by Crippen LogP contribution is 2.65. The number of nitrogens with zero attached hydrogens (tertiary/aromatic N) is 1. The zero-order valence-corrected chi connectivity index (χ0v) is 17.7. The highest BCUT2D eigenvalue weighted by molar-refractivity contribution is 5.96. The summed E-state index contributed by atoms with van der Waals surface area (Å²) in [7, 11) is 0. The van der Waals surface area contributed by atoms with E-state index in [-0.39, 0.29) is 17.4 Å². The molecule has 0 N–H and O–H groups in total. The first kappa shape index (κ1) is 20.2. The zero-order chi connectivity index (χ0) is 20.8. The van der Waals surface area contributed by atoms with E-state index in [1.807, 2.05) is 0 Å². The fraction of sp³-hybridized carbons (Fsp3) is 0.708. The Kier molecular flexibility index (Phi) is 5.09. The minimum atomic E-state index is -0.749. The van der Waals surface area contributed by atoms with Gasteiger partial charge in [-0.25, -0.2) is 4.79 Å². The first-order valence-corrected chi connectivity index (χ1v) is 10.9. The molecule has 0 aromatic heterocycles. The number of allylic oxidation sites excluding steroid dienone is 2. The van der Waals surface area contributed by atoms with E-state index in [1.54, 1.807) is 0 Å². The third kappa shape index (κ3) is 3.21. The van der Waals surface area contributed by atoms with E-state index in [4.69, 9.17) is 16.0 Å². The molecule has 4 rings (SSSR count). The SMILES string of the molecule is C#C[C@]1(OC(C)=O)CC[C@H]2[C@@H]3CCC4=C/C(=N\OC(C)=O)CC[C@@H]4[C@H]3CC[C@@]21C. The largest absolute Gasteiger partial charge is 0.445 e. The van der Waals surface area contributed by atoms with Gasteiger partial charge < -0.3 is 9.57 Å². The Balaban J connectivity index is 1.56. The highest BCUT2D eigenvalue weighted by Gasteiger charge is 2.64. The van der Waals surface area contributed by atoms with Crippen LogP contribution in [0.3, 0.4) is 0 Å². The lowest BCUT2D eigenvalue weighted by Gasteiger charge is -2.55. The van der Waals surface area contributed by atoms with E-state index in [0.29, 0.717) is 23.7 Å². The van der Waals surface area contributed by atoms with E-state index in [0.717, 1.165) is 57.1 Å². The van der Waals surface area contributed by atoms with E-state index in [2.05, 4.69) is 24.1 Å². The normalized spacial score (nSPS) is 42.0. The molecular formula is C24H31NO4. The van der Waals surface area contributed by atoms with Gasteiger partial charge in [-0.1, -0.05) is 23.6 Å². The molecule has 0 amide bonds. The van der Waals surface area contributed by atoms with Crippen LogP contribution in [0.1, 0.15) is 72.1 Å². The van der Waals surface area contributed by atoms with Gasteiger partial charge in [-0.05, 0) is 81.1 Å². The summed E-state index contributed by atoms with van der Waals surface area (Å²) >= 11 is 0. The van der Waals surface area contributed by atoms with Gasteiger partial charge in [-0.3, -0.25) is 4.79 Å². The summed E-state index contributed by atoms with van der Waals surface area (Å²) in [6, 6.07) is 0. The van der Waals surface area contributed by atoms with Crippen molar-refractivity contribution in [3.05, 3.63) is 11.6 Å². The van der Waals surface area contributed by atoms with Crippen molar-refractivity contribution in [3.8, 4) is 12.3 Å². The molecule has 0 aliphatic heterocycles. The lowest BCUT2D eigenvalue weighted by atomic mass is 9.50. The summed E-state index contributed by atoms with van der Waals surface area (Å²) in [4.78, 5) is 27.7. The molecular weight excluding hydrogens is 366 g/mol. The van der Waals surface area contributed by atoms with Crippen molar-refractivity contribution in [1.82, 2.24) is 0 Å². The maximum absolute atomic E-state index is 11.8. The number of esters is 1. The van der Waals surface area contributed by atoms with Crippen LogP contribution in [-0.4, -0.2) is 23.3 Å². The van der Waals surface area contributed by atoms with Crippen LogP contribution < -0.4 is 0 Å². The topological polar surface area (TPSA) is 65.0 Å². The highest BCUT2D eigenvalue weighted by atomic mass is 16.7. The van der Waals surface area contributed by atoms with Crippen molar-refractivity contribution in [2.45, 2.75) is 77.7 Å². The fourth-order valence-electron chi connectivity index (χ4n) is 7.07. The second kappa shape index (κ2) is 7.31. The molecule has 0 saturated heterocycles.